The van der Waals surface area contributed by atoms with Gasteiger partial charge in [0.15, 0.2) is 0 Å². The smallest absolute Gasteiger partial charge is 0.225 e. The number of nitrogens with zero attached hydrogens (tertiary/aromatic N) is 5. The second-order valence-corrected chi connectivity index (χ2v) is 5.17. The maximum Gasteiger partial charge on any atom is 0.225 e. The summed E-state index contributed by atoms with van der Waals surface area (Å²) in [4.78, 5) is 17.5. The van der Waals surface area contributed by atoms with Crippen molar-refractivity contribution in [3.05, 3.63) is 41.9 Å². The molecule has 3 heterocycles. The molecule has 0 radical (unpaired) electrons. The van der Waals surface area contributed by atoms with E-state index in [-0.39, 0.29) is 6.61 Å². The molecule has 6 heteroatoms. The molecule has 0 unspecified atom stereocenters. The van der Waals surface area contributed by atoms with Crippen LogP contribution in [0.15, 0.2) is 30.7 Å². The molecule has 21 heavy (non-hydrogen) atoms. The van der Waals surface area contributed by atoms with Crippen LogP contribution in [-0.2, 0) is 6.61 Å². The van der Waals surface area contributed by atoms with Gasteiger partial charge in [0, 0.05) is 44.8 Å². The third kappa shape index (κ3) is 2.95. The average molecular weight is 285 g/mol. The standard InChI is InChI=1S/C15H19N5O/c1-12-9-13(11-21)10-18-14(12)19-5-7-20(8-6-19)15-16-3-2-4-17-15/h2-4,9-10,21H,5-8,11H2,1H3. The van der Waals surface area contributed by atoms with Gasteiger partial charge in [0.25, 0.3) is 0 Å². The van der Waals surface area contributed by atoms with Crippen molar-refractivity contribution in [2.75, 3.05) is 36.0 Å². The number of pyridine rings is 1. The zero-order chi connectivity index (χ0) is 14.7. The first-order chi connectivity index (χ1) is 10.3. The molecule has 0 atom stereocenters. The van der Waals surface area contributed by atoms with Gasteiger partial charge in [-0.05, 0) is 30.2 Å². The molecule has 1 saturated heterocycles. The Morgan fingerprint density at radius 3 is 2.33 bits per heavy atom. The van der Waals surface area contributed by atoms with E-state index in [1.165, 1.54) is 0 Å². The molecule has 1 aliphatic heterocycles. The van der Waals surface area contributed by atoms with Gasteiger partial charge in [0.2, 0.25) is 5.95 Å². The summed E-state index contributed by atoms with van der Waals surface area (Å²) in [6.07, 6.45) is 5.29. The van der Waals surface area contributed by atoms with Gasteiger partial charge in [-0.2, -0.15) is 0 Å². The molecule has 0 amide bonds. The van der Waals surface area contributed by atoms with Crippen LogP contribution in [0.25, 0.3) is 0 Å². The van der Waals surface area contributed by atoms with Crippen molar-refractivity contribution in [1.29, 1.82) is 0 Å². The molecule has 1 fully saturated rings. The molecular weight excluding hydrogens is 266 g/mol. The molecular formula is C15H19N5O. The van der Waals surface area contributed by atoms with Crippen molar-refractivity contribution < 1.29 is 5.11 Å². The molecule has 1 aliphatic rings. The van der Waals surface area contributed by atoms with Crippen LogP contribution in [-0.4, -0.2) is 46.2 Å². The van der Waals surface area contributed by atoms with Gasteiger partial charge in [-0.1, -0.05) is 0 Å². The lowest BCUT2D eigenvalue weighted by Crippen LogP contribution is -2.47. The third-order valence-corrected chi connectivity index (χ3v) is 3.70. The Bertz CT molecular complexity index is 596. The molecule has 2 aromatic rings. The fourth-order valence-corrected chi connectivity index (χ4v) is 2.62. The number of aromatic nitrogens is 3. The van der Waals surface area contributed by atoms with E-state index in [2.05, 4.69) is 24.8 Å². The zero-order valence-corrected chi connectivity index (χ0v) is 12.1. The quantitative estimate of drug-likeness (QED) is 0.907. The first-order valence-corrected chi connectivity index (χ1v) is 7.11. The molecule has 1 N–H and O–H groups in total. The molecule has 110 valence electrons. The van der Waals surface area contributed by atoms with Gasteiger partial charge in [-0.3, -0.25) is 0 Å². The van der Waals surface area contributed by atoms with E-state index in [1.54, 1.807) is 18.6 Å². The van der Waals surface area contributed by atoms with Gasteiger partial charge in [-0.15, -0.1) is 0 Å². The Balaban J connectivity index is 1.68. The fraction of sp³-hybridized carbons (Fsp3) is 0.400. The van der Waals surface area contributed by atoms with Crippen LogP contribution in [0.2, 0.25) is 0 Å². The van der Waals surface area contributed by atoms with Crippen LogP contribution < -0.4 is 9.80 Å². The normalized spacial score (nSPS) is 15.3. The Hall–Kier alpha value is -2.21. The van der Waals surface area contributed by atoms with Crippen LogP contribution in [0.3, 0.4) is 0 Å². The summed E-state index contributed by atoms with van der Waals surface area (Å²) >= 11 is 0. The summed E-state index contributed by atoms with van der Waals surface area (Å²) in [6.45, 7) is 5.62. The van der Waals surface area contributed by atoms with Crippen LogP contribution in [0.1, 0.15) is 11.1 Å². The lowest BCUT2D eigenvalue weighted by atomic mass is 10.2. The maximum atomic E-state index is 9.15. The summed E-state index contributed by atoms with van der Waals surface area (Å²) in [6, 6.07) is 3.82. The highest BCUT2D eigenvalue weighted by Crippen LogP contribution is 2.20. The maximum absolute atomic E-state index is 9.15. The van der Waals surface area contributed by atoms with Gasteiger partial charge in [0.05, 0.1) is 6.61 Å². The highest BCUT2D eigenvalue weighted by molar-refractivity contribution is 5.49. The zero-order valence-electron chi connectivity index (χ0n) is 12.1. The van der Waals surface area contributed by atoms with E-state index in [0.717, 1.165) is 49.1 Å². The Labute approximate surface area is 124 Å². The second kappa shape index (κ2) is 6.05. The number of anilines is 2. The highest BCUT2D eigenvalue weighted by Gasteiger charge is 2.20. The van der Waals surface area contributed by atoms with Crippen LogP contribution >= 0.6 is 0 Å². The minimum absolute atomic E-state index is 0.0350. The molecule has 0 aliphatic carbocycles. The Kier molecular flexibility index (Phi) is 3.96. The van der Waals surface area contributed by atoms with E-state index in [1.807, 2.05) is 19.1 Å². The minimum atomic E-state index is 0.0350. The third-order valence-electron chi connectivity index (χ3n) is 3.70. The Morgan fingerprint density at radius 2 is 1.71 bits per heavy atom. The van der Waals surface area contributed by atoms with Crippen LogP contribution in [0.5, 0.6) is 0 Å². The van der Waals surface area contributed by atoms with E-state index in [0.29, 0.717) is 0 Å². The van der Waals surface area contributed by atoms with Crippen molar-refractivity contribution in [2.45, 2.75) is 13.5 Å². The number of piperazine rings is 1. The average Bonchev–Trinajstić information content (AvgIpc) is 2.56. The van der Waals surface area contributed by atoms with E-state index in [9.17, 15) is 0 Å². The monoisotopic (exact) mass is 285 g/mol. The number of hydrogen-bond donors (Lipinski definition) is 1. The first kappa shape index (κ1) is 13.8. The van der Waals surface area contributed by atoms with Gasteiger partial charge in [-0.25, -0.2) is 15.0 Å². The van der Waals surface area contributed by atoms with Crippen molar-refractivity contribution in [2.24, 2.45) is 0 Å². The largest absolute Gasteiger partial charge is 0.392 e. The van der Waals surface area contributed by atoms with Gasteiger partial charge in [0.1, 0.15) is 5.82 Å². The van der Waals surface area contributed by atoms with E-state index < -0.39 is 0 Å². The summed E-state index contributed by atoms with van der Waals surface area (Å²) in [5.41, 5.74) is 1.96. The Morgan fingerprint density at radius 1 is 1.05 bits per heavy atom. The fourth-order valence-electron chi connectivity index (χ4n) is 2.62. The lowest BCUT2D eigenvalue weighted by molar-refractivity contribution is 0.281. The van der Waals surface area contributed by atoms with Crippen LogP contribution in [0, 0.1) is 6.92 Å². The van der Waals surface area contributed by atoms with Crippen molar-refractivity contribution in [3.8, 4) is 0 Å². The second-order valence-electron chi connectivity index (χ2n) is 5.17. The van der Waals surface area contributed by atoms with E-state index in [4.69, 9.17) is 5.11 Å². The molecule has 0 spiro atoms. The first-order valence-electron chi connectivity index (χ1n) is 7.11. The van der Waals surface area contributed by atoms with Crippen molar-refractivity contribution in [1.82, 2.24) is 15.0 Å². The van der Waals surface area contributed by atoms with Gasteiger partial charge < -0.3 is 14.9 Å². The highest BCUT2D eigenvalue weighted by atomic mass is 16.3. The molecule has 3 rings (SSSR count). The summed E-state index contributed by atoms with van der Waals surface area (Å²) in [5, 5.41) is 9.15. The number of hydrogen-bond acceptors (Lipinski definition) is 6. The molecule has 6 nitrogen and oxygen atoms in total. The topological polar surface area (TPSA) is 65.4 Å². The summed E-state index contributed by atoms with van der Waals surface area (Å²) in [5.74, 6) is 1.79. The predicted molar refractivity (Wildman–Crippen MR) is 81.4 cm³/mol. The molecule has 0 bridgehead atoms. The number of aliphatic hydroxyl groups is 1. The van der Waals surface area contributed by atoms with E-state index >= 15 is 0 Å². The minimum Gasteiger partial charge on any atom is -0.392 e. The number of aryl methyl sites for hydroxylation is 1. The van der Waals surface area contributed by atoms with Crippen molar-refractivity contribution >= 4 is 11.8 Å². The number of rotatable bonds is 3. The predicted octanol–water partition coefficient (Wildman–Crippen LogP) is 0.999. The summed E-state index contributed by atoms with van der Waals surface area (Å²) < 4.78 is 0. The molecule has 2 aromatic heterocycles. The van der Waals surface area contributed by atoms with Gasteiger partial charge >= 0.3 is 0 Å². The van der Waals surface area contributed by atoms with Crippen molar-refractivity contribution in [3.63, 3.8) is 0 Å². The molecule has 0 aromatic carbocycles. The number of aliphatic hydroxyl groups excluding tert-OH is 1. The SMILES string of the molecule is Cc1cc(CO)cnc1N1CCN(c2ncccn2)CC1. The summed E-state index contributed by atoms with van der Waals surface area (Å²) in [7, 11) is 0. The van der Waals surface area contributed by atoms with Crippen LogP contribution in [0.4, 0.5) is 11.8 Å². The molecule has 0 saturated carbocycles. The lowest BCUT2D eigenvalue weighted by Gasteiger charge is -2.36.